The van der Waals surface area contributed by atoms with Crippen molar-refractivity contribution >= 4 is 10.9 Å². The Balaban J connectivity index is 2.17. The van der Waals surface area contributed by atoms with Gasteiger partial charge in [0, 0.05) is 34.6 Å². The summed E-state index contributed by atoms with van der Waals surface area (Å²) in [4.78, 5) is 7.60. The minimum atomic E-state index is 0.718. The van der Waals surface area contributed by atoms with Gasteiger partial charge in [-0.1, -0.05) is 18.2 Å². The molecule has 0 saturated heterocycles. The SMILES string of the molecule is NCCCc1c(-c2ccncc2)[nH]c2ccccc12. The number of aromatic amines is 1. The summed E-state index contributed by atoms with van der Waals surface area (Å²) in [5.74, 6) is 0. The largest absolute Gasteiger partial charge is 0.354 e. The lowest BCUT2D eigenvalue weighted by Crippen LogP contribution is -2.00. The van der Waals surface area contributed by atoms with Gasteiger partial charge < -0.3 is 10.7 Å². The van der Waals surface area contributed by atoms with Crippen molar-refractivity contribution in [1.29, 1.82) is 0 Å². The lowest BCUT2D eigenvalue weighted by atomic mass is 10.0. The molecular weight excluding hydrogens is 234 g/mol. The third-order valence-corrected chi connectivity index (χ3v) is 3.41. The molecule has 2 aromatic heterocycles. The summed E-state index contributed by atoms with van der Waals surface area (Å²) in [5.41, 5.74) is 10.6. The fourth-order valence-corrected chi connectivity index (χ4v) is 2.50. The molecule has 3 aromatic rings. The number of nitrogens with zero attached hydrogens (tertiary/aromatic N) is 1. The van der Waals surface area contributed by atoms with E-state index in [1.807, 2.05) is 24.5 Å². The minimum Gasteiger partial charge on any atom is -0.354 e. The van der Waals surface area contributed by atoms with E-state index in [9.17, 15) is 0 Å². The Morgan fingerprint density at radius 2 is 1.84 bits per heavy atom. The van der Waals surface area contributed by atoms with Gasteiger partial charge in [-0.15, -0.1) is 0 Å². The maximum absolute atomic E-state index is 5.66. The molecule has 0 aliphatic heterocycles. The highest BCUT2D eigenvalue weighted by Gasteiger charge is 2.11. The Morgan fingerprint density at radius 1 is 1.05 bits per heavy atom. The van der Waals surface area contributed by atoms with Crippen LogP contribution < -0.4 is 5.73 Å². The molecule has 3 heteroatoms. The number of benzene rings is 1. The number of para-hydroxylation sites is 1. The third kappa shape index (κ3) is 2.25. The quantitative estimate of drug-likeness (QED) is 0.748. The number of fused-ring (bicyclic) bond motifs is 1. The molecule has 0 atom stereocenters. The summed E-state index contributed by atoms with van der Waals surface area (Å²) in [7, 11) is 0. The van der Waals surface area contributed by atoms with Gasteiger partial charge in [0.25, 0.3) is 0 Å². The van der Waals surface area contributed by atoms with E-state index in [-0.39, 0.29) is 0 Å². The summed E-state index contributed by atoms with van der Waals surface area (Å²) >= 11 is 0. The van der Waals surface area contributed by atoms with Crippen LogP contribution in [0.15, 0.2) is 48.8 Å². The van der Waals surface area contributed by atoms with Crippen molar-refractivity contribution in [3.8, 4) is 11.3 Å². The Kier molecular flexibility index (Phi) is 3.29. The second-order valence-corrected chi connectivity index (χ2v) is 4.65. The third-order valence-electron chi connectivity index (χ3n) is 3.41. The van der Waals surface area contributed by atoms with E-state index >= 15 is 0 Å². The molecule has 3 nitrogen and oxygen atoms in total. The van der Waals surface area contributed by atoms with Crippen LogP contribution in [0.4, 0.5) is 0 Å². The monoisotopic (exact) mass is 251 g/mol. The Hall–Kier alpha value is -2.13. The van der Waals surface area contributed by atoms with Gasteiger partial charge in [0.2, 0.25) is 0 Å². The van der Waals surface area contributed by atoms with Crippen molar-refractivity contribution in [2.45, 2.75) is 12.8 Å². The van der Waals surface area contributed by atoms with E-state index in [1.165, 1.54) is 27.7 Å². The first-order valence-electron chi connectivity index (χ1n) is 6.60. The zero-order valence-electron chi connectivity index (χ0n) is 10.8. The summed E-state index contributed by atoms with van der Waals surface area (Å²) in [6.45, 7) is 0.718. The van der Waals surface area contributed by atoms with Crippen LogP contribution in [0.25, 0.3) is 22.2 Å². The van der Waals surface area contributed by atoms with Crippen LogP contribution in [0.2, 0.25) is 0 Å². The summed E-state index contributed by atoms with van der Waals surface area (Å²) < 4.78 is 0. The number of aryl methyl sites for hydroxylation is 1. The number of hydrogen-bond donors (Lipinski definition) is 2. The highest BCUT2D eigenvalue weighted by molar-refractivity contribution is 5.90. The number of pyridine rings is 1. The first kappa shape index (κ1) is 11.9. The lowest BCUT2D eigenvalue weighted by molar-refractivity contribution is 0.838. The van der Waals surface area contributed by atoms with Gasteiger partial charge in [-0.3, -0.25) is 4.98 Å². The molecule has 0 saturated carbocycles. The van der Waals surface area contributed by atoms with Crippen molar-refractivity contribution in [2.75, 3.05) is 6.54 Å². The second-order valence-electron chi connectivity index (χ2n) is 4.65. The van der Waals surface area contributed by atoms with Crippen LogP contribution in [0.5, 0.6) is 0 Å². The first-order chi connectivity index (χ1) is 9.40. The van der Waals surface area contributed by atoms with Crippen molar-refractivity contribution in [3.63, 3.8) is 0 Å². The van der Waals surface area contributed by atoms with Crippen LogP contribution in [0.1, 0.15) is 12.0 Å². The van der Waals surface area contributed by atoms with Gasteiger partial charge >= 0.3 is 0 Å². The molecule has 0 amide bonds. The maximum atomic E-state index is 5.66. The van der Waals surface area contributed by atoms with Gasteiger partial charge in [-0.25, -0.2) is 0 Å². The molecule has 2 heterocycles. The summed E-state index contributed by atoms with van der Waals surface area (Å²) in [5, 5.41) is 1.29. The molecule has 3 N–H and O–H groups in total. The van der Waals surface area contributed by atoms with Gasteiger partial charge in [0.05, 0.1) is 0 Å². The standard InChI is InChI=1S/C16H17N3/c17-9-3-5-14-13-4-1-2-6-15(13)19-16(14)12-7-10-18-11-8-12/h1-2,4,6-8,10-11,19H,3,5,9,17H2. The average Bonchev–Trinajstić information content (AvgIpc) is 2.85. The Labute approximate surface area is 112 Å². The molecule has 96 valence electrons. The molecule has 0 spiro atoms. The van der Waals surface area contributed by atoms with Crippen molar-refractivity contribution in [2.24, 2.45) is 5.73 Å². The molecule has 0 bridgehead atoms. The first-order valence-corrected chi connectivity index (χ1v) is 6.60. The zero-order chi connectivity index (χ0) is 13.1. The molecule has 0 radical (unpaired) electrons. The summed E-state index contributed by atoms with van der Waals surface area (Å²) in [6, 6.07) is 12.5. The number of nitrogens with two attached hydrogens (primary N) is 1. The number of nitrogens with one attached hydrogen (secondary N) is 1. The topological polar surface area (TPSA) is 54.7 Å². The minimum absolute atomic E-state index is 0.718. The maximum Gasteiger partial charge on any atom is 0.0498 e. The van der Waals surface area contributed by atoms with Crippen LogP contribution in [-0.2, 0) is 6.42 Å². The molecule has 0 aliphatic carbocycles. The summed E-state index contributed by atoms with van der Waals surface area (Å²) in [6.07, 6.45) is 5.65. The van der Waals surface area contributed by atoms with E-state index in [0.717, 1.165) is 19.4 Å². The van der Waals surface area contributed by atoms with Crippen molar-refractivity contribution in [3.05, 3.63) is 54.4 Å². The van der Waals surface area contributed by atoms with Gasteiger partial charge in [-0.05, 0) is 43.1 Å². The molecular formula is C16H17N3. The average molecular weight is 251 g/mol. The van der Waals surface area contributed by atoms with E-state index in [0.29, 0.717) is 0 Å². The van der Waals surface area contributed by atoms with Gasteiger partial charge in [0.15, 0.2) is 0 Å². The van der Waals surface area contributed by atoms with E-state index < -0.39 is 0 Å². The molecule has 0 unspecified atom stereocenters. The molecule has 0 fully saturated rings. The molecule has 3 rings (SSSR count). The highest BCUT2D eigenvalue weighted by Crippen LogP contribution is 2.30. The van der Waals surface area contributed by atoms with Crippen LogP contribution >= 0.6 is 0 Å². The number of rotatable bonds is 4. The second kappa shape index (κ2) is 5.24. The number of aromatic nitrogens is 2. The van der Waals surface area contributed by atoms with Crippen LogP contribution in [0.3, 0.4) is 0 Å². The smallest absolute Gasteiger partial charge is 0.0498 e. The molecule has 19 heavy (non-hydrogen) atoms. The van der Waals surface area contributed by atoms with Gasteiger partial charge in [-0.2, -0.15) is 0 Å². The van der Waals surface area contributed by atoms with Crippen LogP contribution in [-0.4, -0.2) is 16.5 Å². The zero-order valence-corrected chi connectivity index (χ0v) is 10.8. The van der Waals surface area contributed by atoms with E-state index in [2.05, 4.69) is 34.2 Å². The predicted octanol–water partition coefficient (Wildman–Crippen LogP) is 3.12. The molecule has 1 aromatic carbocycles. The van der Waals surface area contributed by atoms with Crippen LogP contribution in [0, 0.1) is 0 Å². The lowest BCUT2D eigenvalue weighted by Gasteiger charge is -2.04. The Morgan fingerprint density at radius 3 is 2.63 bits per heavy atom. The van der Waals surface area contributed by atoms with Gasteiger partial charge in [0.1, 0.15) is 0 Å². The van der Waals surface area contributed by atoms with E-state index in [4.69, 9.17) is 5.73 Å². The predicted molar refractivity (Wildman–Crippen MR) is 78.9 cm³/mol. The number of hydrogen-bond acceptors (Lipinski definition) is 2. The fraction of sp³-hybridized carbons (Fsp3) is 0.188. The Bertz CT molecular complexity index is 671. The van der Waals surface area contributed by atoms with E-state index in [1.54, 1.807) is 0 Å². The highest BCUT2D eigenvalue weighted by atomic mass is 14.7. The molecule has 0 aliphatic rings. The number of H-pyrrole nitrogens is 1. The van der Waals surface area contributed by atoms with Crippen molar-refractivity contribution in [1.82, 2.24) is 9.97 Å². The fourth-order valence-electron chi connectivity index (χ4n) is 2.50. The van der Waals surface area contributed by atoms with Crippen molar-refractivity contribution < 1.29 is 0 Å². The normalized spacial score (nSPS) is 11.0.